The molecule has 13 heavy (non-hydrogen) atoms. The first-order valence-electron chi connectivity index (χ1n) is 4.63. The molecule has 2 N–H and O–H groups in total. The van der Waals surface area contributed by atoms with Gasteiger partial charge in [-0.2, -0.15) is 0 Å². The van der Waals surface area contributed by atoms with Crippen molar-refractivity contribution in [2.24, 2.45) is 5.41 Å². The SMILES string of the molecule is CC1(C)CNC1C(=O)NC1CC1.Cl. The monoisotopic (exact) mass is 204 g/mol. The normalized spacial score (nSPS) is 29.8. The summed E-state index contributed by atoms with van der Waals surface area (Å²) >= 11 is 0. The van der Waals surface area contributed by atoms with E-state index in [-0.39, 0.29) is 29.8 Å². The molecule has 1 atom stereocenters. The molecule has 0 radical (unpaired) electrons. The number of carbonyl (C=O) groups is 1. The third-order valence-electron chi connectivity index (χ3n) is 2.73. The van der Waals surface area contributed by atoms with Gasteiger partial charge in [0.15, 0.2) is 0 Å². The van der Waals surface area contributed by atoms with E-state index in [1.165, 1.54) is 12.8 Å². The Morgan fingerprint density at radius 2 is 2.08 bits per heavy atom. The van der Waals surface area contributed by atoms with Gasteiger partial charge in [0.05, 0.1) is 6.04 Å². The van der Waals surface area contributed by atoms with E-state index in [0.717, 1.165) is 6.54 Å². The van der Waals surface area contributed by atoms with Crippen molar-refractivity contribution < 1.29 is 4.79 Å². The first-order chi connectivity index (χ1) is 5.59. The fourth-order valence-corrected chi connectivity index (χ4v) is 1.57. The van der Waals surface area contributed by atoms with Crippen LogP contribution in [0.1, 0.15) is 26.7 Å². The number of hydrogen-bond acceptors (Lipinski definition) is 2. The molecule has 0 bridgehead atoms. The molecule has 1 heterocycles. The highest BCUT2D eigenvalue weighted by molar-refractivity contribution is 5.85. The van der Waals surface area contributed by atoms with Gasteiger partial charge < -0.3 is 10.6 Å². The number of amides is 1. The van der Waals surface area contributed by atoms with Gasteiger partial charge in [0, 0.05) is 18.0 Å². The molecule has 2 fully saturated rings. The third kappa shape index (κ3) is 2.15. The zero-order valence-corrected chi connectivity index (χ0v) is 8.91. The predicted octanol–water partition coefficient (Wildman–Crippen LogP) is 0.685. The van der Waals surface area contributed by atoms with E-state index in [4.69, 9.17) is 0 Å². The van der Waals surface area contributed by atoms with Crippen molar-refractivity contribution in [3.05, 3.63) is 0 Å². The molecule has 2 aliphatic rings. The van der Waals surface area contributed by atoms with Crippen LogP contribution in [0.2, 0.25) is 0 Å². The van der Waals surface area contributed by atoms with E-state index in [0.29, 0.717) is 6.04 Å². The minimum atomic E-state index is 0. The molecule has 4 heteroatoms. The number of hydrogen-bond donors (Lipinski definition) is 2. The second-order valence-electron chi connectivity index (χ2n) is 4.59. The number of rotatable bonds is 2. The maximum atomic E-state index is 11.5. The lowest BCUT2D eigenvalue weighted by molar-refractivity contribution is -0.129. The average Bonchev–Trinajstić information content (AvgIpc) is 2.69. The van der Waals surface area contributed by atoms with Gasteiger partial charge in [-0.15, -0.1) is 12.4 Å². The summed E-state index contributed by atoms with van der Waals surface area (Å²) in [5.41, 5.74) is 0.152. The van der Waals surface area contributed by atoms with Gasteiger partial charge in [-0.05, 0) is 12.8 Å². The van der Waals surface area contributed by atoms with Crippen molar-refractivity contribution in [2.75, 3.05) is 6.54 Å². The van der Waals surface area contributed by atoms with Crippen LogP contribution in [-0.2, 0) is 4.79 Å². The molecule has 3 nitrogen and oxygen atoms in total. The largest absolute Gasteiger partial charge is 0.352 e. The Labute approximate surface area is 85.1 Å². The first-order valence-corrected chi connectivity index (χ1v) is 4.63. The van der Waals surface area contributed by atoms with Gasteiger partial charge in [-0.1, -0.05) is 13.8 Å². The van der Waals surface area contributed by atoms with E-state index in [1.807, 2.05) is 0 Å². The summed E-state index contributed by atoms with van der Waals surface area (Å²) in [4.78, 5) is 11.5. The molecule has 0 spiro atoms. The van der Waals surface area contributed by atoms with E-state index < -0.39 is 0 Å². The number of carbonyl (C=O) groups excluding carboxylic acids is 1. The Morgan fingerprint density at radius 3 is 2.38 bits per heavy atom. The van der Waals surface area contributed by atoms with Gasteiger partial charge >= 0.3 is 0 Å². The molecule has 76 valence electrons. The highest BCUT2D eigenvalue weighted by Crippen LogP contribution is 2.29. The molecule has 1 amide bonds. The lowest BCUT2D eigenvalue weighted by atomic mass is 9.77. The summed E-state index contributed by atoms with van der Waals surface area (Å²) in [6.07, 6.45) is 2.33. The minimum Gasteiger partial charge on any atom is -0.352 e. The molecule has 1 unspecified atom stereocenters. The van der Waals surface area contributed by atoms with Gasteiger partial charge in [0.25, 0.3) is 0 Å². The maximum absolute atomic E-state index is 11.5. The lowest BCUT2D eigenvalue weighted by Gasteiger charge is -2.44. The highest BCUT2D eigenvalue weighted by Gasteiger charge is 2.44. The predicted molar refractivity (Wildman–Crippen MR) is 54.0 cm³/mol. The Hall–Kier alpha value is -0.280. The van der Waals surface area contributed by atoms with E-state index in [2.05, 4.69) is 24.5 Å². The molecule has 2 rings (SSSR count). The van der Waals surface area contributed by atoms with Crippen LogP contribution in [-0.4, -0.2) is 24.5 Å². The molecule has 1 aliphatic heterocycles. The summed E-state index contributed by atoms with van der Waals surface area (Å²) in [6, 6.07) is 0.522. The topological polar surface area (TPSA) is 41.1 Å². The maximum Gasteiger partial charge on any atom is 0.237 e. The summed E-state index contributed by atoms with van der Waals surface area (Å²) in [7, 11) is 0. The van der Waals surface area contributed by atoms with Crippen molar-refractivity contribution in [3.8, 4) is 0 Å². The van der Waals surface area contributed by atoms with Gasteiger partial charge in [-0.3, -0.25) is 4.79 Å². The molecule has 1 saturated heterocycles. The Balaban J connectivity index is 0.000000845. The van der Waals surface area contributed by atoms with Crippen molar-refractivity contribution in [3.63, 3.8) is 0 Å². The van der Waals surface area contributed by atoms with Crippen LogP contribution in [0.15, 0.2) is 0 Å². The Bertz CT molecular complexity index is 214. The van der Waals surface area contributed by atoms with Crippen LogP contribution < -0.4 is 10.6 Å². The summed E-state index contributed by atoms with van der Waals surface area (Å²) < 4.78 is 0. The summed E-state index contributed by atoms with van der Waals surface area (Å²) in [5.74, 6) is 0.189. The van der Waals surface area contributed by atoms with Crippen LogP contribution >= 0.6 is 12.4 Å². The third-order valence-corrected chi connectivity index (χ3v) is 2.73. The van der Waals surface area contributed by atoms with E-state index >= 15 is 0 Å². The standard InChI is InChI=1S/C9H16N2O.ClH/c1-9(2)5-10-7(9)8(12)11-6-3-4-6;/h6-7,10H,3-5H2,1-2H3,(H,11,12);1H. The number of halogens is 1. The van der Waals surface area contributed by atoms with Crippen molar-refractivity contribution in [2.45, 2.75) is 38.8 Å². The molecular formula is C9H17ClN2O. The first kappa shape index (κ1) is 10.8. The average molecular weight is 205 g/mol. The summed E-state index contributed by atoms with van der Waals surface area (Å²) in [6.45, 7) is 5.21. The zero-order valence-electron chi connectivity index (χ0n) is 8.09. The van der Waals surface area contributed by atoms with Crippen molar-refractivity contribution >= 4 is 18.3 Å². The quantitative estimate of drug-likeness (QED) is 0.695. The molecule has 0 aromatic rings. The Morgan fingerprint density at radius 1 is 1.46 bits per heavy atom. The minimum absolute atomic E-state index is 0. The summed E-state index contributed by atoms with van der Waals surface area (Å²) in [5, 5.41) is 6.17. The van der Waals surface area contributed by atoms with E-state index in [1.54, 1.807) is 0 Å². The second kappa shape index (κ2) is 3.46. The van der Waals surface area contributed by atoms with Crippen LogP contribution in [0, 0.1) is 5.41 Å². The molecule has 1 saturated carbocycles. The highest BCUT2D eigenvalue weighted by atomic mass is 35.5. The number of nitrogens with one attached hydrogen (secondary N) is 2. The molecule has 1 aliphatic carbocycles. The fourth-order valence-electron chi connectivity index (χ4n) is 1.57. The van der Waals surface area contributed by atoms with Crippen LogP contribution in [0.5, 0.6) is 0 Å². The van der Waals surface area contributed by atoms with Gasteiger partial charge in [0.2, 0.25) is 5.91 Å². The molecule has 0 aromatic carbocycles. The smallest absolute Gasteiger partial charge is 0.237 e. The van der Waals surface area contributed by atoms with Crippen LogP contribution in [0.3, 0.4) is 0 Å². The fraction of sp³-hybridized carbons (Fsp3) is 0.889. The van der Waals surface area contributed by atoms with E-state index in [9.17, 15) is 4.79 Å². The van der Waals surface area contributed by atoms with Crippen molar-refractivity contribution in [1.82, 2.24) is 10.6 Å². The lowest BCUT2D eigenvalue weighted by Crippen LogP contribution is -2.65. The van der Waals surface area contributed by atoms with Gasteiger partial charge in [-0.25, -0.2) is 0 Å². The Kier molecular flexibility index (Phi) is 2.88. The molecule has 0 aromatic heterocycles. The second-order valence-corrected chi connectivity index (χ2v) is 4.59. The van der Waals surface area contributed by atoms with Gasteiger partial charge in [0.1, 0.15) is 0 Å². The van der Waals surface area contributed by atoms with Crippen LogP contribution in [0.25, 0.3) is 0 Å². The molecular weight excluding hydrogens is 188 g/mol. The van der Waals surface area contributed by atoms with Crippen molar-refractivity contribution in [1.29, 1.82) is 0 Å². The zero-order chi connectivity index (χ0) is 8.77. The van der Waals surface area contributed by atoms with Crippen LogP contribution in [0.4, 0.5) is 0 Å².